The molecule has 1 saturated heterocycles. The molecule has 1 aromatic carbocycles. The lowest BCUT2D eigenvalue weighted by Gasteiger charge is -2.31. The Morgan fingerprint density at radius 2 is 2.06 bits per heavy atom. The summed E-state index contributed by atoms with van der Waals surface area (Å²) in [4.78, 5) is 5.58. The Kier molecular flexibility index (Phi) is 2.80. The van der Waals surface area contributed by atoms with E-state index in [9.17, 15) is 0 Å². The molecule has 0 aromatic heterocycles. The first-order chi connectivity index (χ1) is 8.74. The lowest BCUT2D eigenvalue weighted by Crippen LogP contribution is -2.29. The molecule has 18 heavy (non-hydrogen) atoms. The molecule has 2 heterocycles. The van der Waals surface area contributed by atoms with Crippen molar-refractivity contribution in [3.63, 3.8) is 0 Å². The number of rotatable bonds is 2. The molecule has 5 nitrogen and oxygen atoms in total. The zero-order valence-corrected chi connectivity index (χ0v) is 10.8. The summed E-state index contributed by atoms with van der Waals surface area (Å²) in [6.07, 6.45) is 0. The van der Waals surface area contributed by atoms with Crippen molar-refractivity contribution in [1.29, 1.82) is 0 Å². The highest BCUT2D eigenvalue weighted by molar-refractivity contribution is 5.53. The summed E-state index contributed by atoms with van der Waals surface area (Å²) in [6.45, 7) is 1.36. The van der Waals surface area contributed by atoms with E-state index in [0.717, 1.165) is 22.8 Å². The number of hydrogen-bond acceptors (Lipinski definition) is 5. The van der Waals surface area contributed by atoms with Gasteiger partial charge in [-0.15, -0.1) is 0 Å². The maximum Gasteiger partial charge on any atom is 0.131 e. The first-order valence-electron chi connectivity index (χ1n) is 5.99. The predicted octanol–water partition coefficient (Wildman–Crippen LogP) is 1.63. The molecule has 0 amide bonds. The van der Waals surface area contributed by atoms with Gasteiger partial charge in [-0.1, -0.05) is 0 Å². The molecule has 2 aliphatic rings. The molecule has 0 spiro atoms. The van der Waals surface area contributed by atoms with E-state index in [1.165, 1.54) is 0 Å². The monoisotopic (exact) mass is 251 g/mol. The molecule has 5 heteroatoms. The summed E-state index contributed by atoms with van der Waals surface area (Å²) in [5.74, 6) is 2.71. The average molecular weight is 251 g/mol. The number of benzene rings is 1. The van der Waals surface area contributed by atoms with Gasteiger partial charge in [-0.05, 0) is 0 Å². The fourth-order valence-corrected chi connectivity index (χ4v) is 2.71. The van der Waals surface area contributed by atoms with Crippen LogP contribution in [0.4, 0.5) is 0 Å². The second-order valence-corrected chi connectivity index (χ2v) is 4.60. The molecule has 98 valence electrons. The molecular weight excluding hydrogens is 234 g/mol. The standard InChI is InChI=1S/C13H17NO4/c1-14-13-8(7-18-14)6-17-11-5-9(15-2)4-10(16-3)12(11)13/h4-5,8,13H,6-7H2,1-3H3/t8-,13-/m1/s1. The zero-order valence-electron chi connectivity index (χ0n) is 10.8. The molecule has 0 aliphatic carbocycles. The van der Waals surface area contributed by atoms with Crippen LogP contribution < -0.4 is 14.2 Å². The highest BCUT2D eigenvalue weighted by Gasteiger charge is 2.42. The molecule has 1 fully saturated rings. The van der Waals surface area contributed by atoms with E-state index in [4.69, 9.17) is 19.0 Å². The summed E-state index contributed by atoms with van der Waals surface area (Å²) >= 11 is 0. The van der Waals surface area contributed by atoms with Crippen LogP contribution in [0.15, 0.2) is 12.1 Å². The van der Waals surface area contributed by atoms with E-state index in [1.807, 2.05) is 24.2 Å². The van der Waals surface area contributed by atoms with Gasteiger partial charge in [0.25, 0.3) is 0 Å². The number of hydrogen-bond donors (Lipinski definition) is 0. The third kappa shape index (κ3) is 1.62. The topological polar surface area (TPSA) is 40.2 Å². The predicted molar refractivity (Wildman–Crippen MR) is 65.0 cm³/mol. The largest absolute Gasteiger partial charge is 0.496 e. The molecular formula is C13H17NO4. The normalized spacial score (nSPS) is 26.2. The quantitative estimate of drug-likeness (QED) is 0.799. The zero-order chi connectivity index (χ0) is 12.7. The van der Waals surface area contributed by atoms with Crippen molar-refractivity contribution in [2.24, 2.45) is 5.92 Å². The van der Waals surface area contributed by atoms with Crippen molar-refractivity contribution < 1.29 is 19.0 Å². The average Bonchev–Trinajstić information content (AvgIpc) is 2.79. The van der Waals surface area contributed by atoms with Crippen LogP contribution in [-0.2, 0) is 4.84 Å². The van der Waals surface area contributed by atoms with Crippen molar-refractivity contribution >= 4 is 0 Å². The van der Waals surface area contributed by atoms with Crippen molar-refractivity contribution in [2.75, 3.05) is 34.5 Å². The van der Waals surface area contributed by atoms with Crippen LogP contribution >= 0.6 is 0 Å². The molecule has 0 unspecified atom stereocenters. The summed E-state index contributed by atoms with van der Waals surface area (Å²) in [5, 5.41) is 1.89. The fourth-order valence-electron chi connectivity index (χ4n) is 2.71. The summed E-state index contributed by atoms with van der Waals surface area (Å²) in [7, 11) is 5.25. The van der Waals surface area contributed by atoms with Gasteiger partial charge in [0.1, 0.15) is 17.2 Å². The summed E-state index contributed by atoms with van der Waals surface area (Å²) in [6, 6.07) is 3.98. The molecule has 2 aliphatic heterocycles. The van der Waals surface area contributed by atoms with Crippen molar-refractivity contribution in [1.82, 2.24) is 5.06 Å². The summed E-state index contributed by atoms with van der Waals surface area (Å²) in [5.41, 5.74) is 1.05. The maximum absolute atomic E-state index is 5.80. The van der Waals surface area contributed by atoms with E-state index in [0.29, 0.717) is 19.1 Å². The first-order valence-corrected chi connectivity index (χ1v) is 5.99. The van der Waals surface area contributed by atoms with Crippen LogP contribution in [0.1, 0.15) is 11.6 Å². The molecule has 3 rings (SSSR count). The van der Waals surface area contributed by atoms with Gasteiger partial charge in [-0.3, -0.25) is 4.84 Å². The van der Waals surface area contributed by atoms with Gasteiger partial charge in [-0.25, -0.2) is 0 Å². The fraction of sp³-hybridized carbons (Fsp3) is 0.538. The number of ether oxygens (including phenoxy) is 3. The van der Waals surface area contributed by atoms with Gasteiger partial charge in [0, 0.05) is 25.1 Å². The Hall–Kier alpha value is -1.46. The lowest BCUT2D eigenvalue weighted by atomic mass is 9.91. The minimum absolute atomic E-state index is 0.189. The molecule has 0 radical (unpaired) electrons. The van der Waals surface area contributed by atoms with Gasteiger partial charge < -0.3 is 14.2 Å². The summed E-state index contributed by atoms with van der Waals surface area (Å²) < 4.78 is 16.5. The minimum atomic E-state index is 0.189. The number of methoxy groups -OCH3 is 2. The van der Waals surface area contributed by atoms with Crippen LogP contribution in [0, 0.1) is 5.92 Å². The highest BCUT2D eigenvalue weighted by Crippen LogP contribution is 2.48. The molecule has 2 atom stereocenters. The van der Waals surface area contributed by atoms with Crippen LogP contribution in [0.5, 0.6) is 17.2 Å². The van der Waals surface area contributed by atoms with E-state index in [-0.39, 0.29) is 6.04 Å². The van der Waals surface area contributed by atoms with Gasteiger partial charge in [0.05, 0.1) is 39.0 Å². The number of hydroxylamine groups is 2. The molecule has 0 N–H and O–H groups in total. The Morgan fingerprint density at radius 1 is 1.22 bits per heavy atom. The van der Waals surface area contributed by atoms with Crippen LogP contribution in [0.3, 0.4) is 0 Å². The Labute approximate surface area is 106 Å². The highest BCUT2D eigenvalue weighted by atomic mass is 16.7. The van der Waals surface area contributed by atoms with Crippen LogP contribution in [-0.4, -0.2) is 39.5 Å². The second-order valence-electron chi connectivity index (χ2n) is 4.60. The van der Waals surface area contributed by atoms with E-state index in [1.54, 1.807) is 14.2 Å². The Morgan fingerprint density at radius 3 is 2.78 bits per heavy atom. The van der Waals surface area contributed by atoms with Gasteiger partial charge >= 0.3 is 0 Å². The molecule has 0 bridgehead atoms. The molecule has 1 aromatic rings. The Bertz CT molecular complexity index is 445. The van der Waals surface area contributed by atoms with Gasteiger partial charge in [-0.2, -0.15) is 5.06 Å². The maximum atomic E-state index is 5.80. The van der Waals surface area contributed by atoms with Crippen molar-refractivity contribution in [3.8, 4) is 17.2 Å². The molecule has 0 saturated carbocycles. The van der Waals surface area contributed by atoms with Crippen molar-refractivity contribution in [2.45, 2.75) is 6.04 Å². The van der Waals surface area contributed by atoms with Crippen LogP contribution in [0.2, 0.25) is 0 Å². The minimum Gasteiger partial charge on any atom is -0.496 e. The van der Waals surface area contributed by atoms with E-state index in [2.05, 4.69) is 0 Å². The number of fused-ring (bicyclic) bond motifs is 3. The van der Waals surface area contributed by atoms with Crippen LogP contribution in [0.25, 0.3) is 0 Å². The second kappa shape index (κ2) is 4.33. The van der Waals surface area contributed by atoms with E-state index < -0.39 is 0 Å². The van der Waals surface area contributed by atoms with Gasteiger partial charge in [0.15, 0.2) is 0 Å². The third-order valence-electron chi connectivity index (χ3n) is 3.61. The van der Waals surface area contributed by atoms with Gasteiger partial charge in [0.2, 0.25) is 0 Å². The van der Waals surface area contributed by atoms with E-state index >= 15 is 0 Å². The Balaban J connectivity index is 2.11. The third-order valence-corrected chi connectivity index (χ3v) is 3.61. The smallest absolute Gasteiger partial charge is 0.131 e. The SMILES string of the molecule is COc1cc(OC)c2c(c1)OC[C@@H]1CON(C)[C@@H]21. The van der Waals surface area contributed by atoms with Crippen molar-refractivity contribution in [3.05, 3.63) is 17.7 Å². The lowest BCUT2D eigenvalue weighted by molar-refractivity contribution is -0.111. The first kappa shape index (κ1) is 11.6. The number of nitrogens with zero attached hydrogens (tertiary/aromatic N) is 1.